The maximum atomic E-state index is 12.8. The van der Waals surface area contributed by atoms with Crippen LogP contribution in [0.3, 0.4) is 0 Å². The fourth-order valence-corrected chi connectivity index (χ4v) is 4.03. The molecule has 1 fully saturated rings. The van der Waals surface area contributed by atoms with E-state index in [2.05, 4.69) is 4.98 Å². The first kappa shape index (κ1) is 18.0. The van der Waals surface area contributed by atoms with Crippen LogP contribution < -0.4 is 0 Å². The lowest BCUT2D eigenvalue weighted by atomic mass is 9.98. The number of hydrogen-bond acceptors (Lipinski definition) is 4. The van der Waals surface area contributed by atoms with Crippen molar-refractivity contribution in [3.8, 4) is 0 Å². The molecule has 0 bridgehead atoms. The Balaban J connectivity index is 1.61. The zero-order valence-electron chi connectivity index (χ0n) is 14.3. The SMILES string of the molecule is O=C(c1ccc(CSc2ccccn2)cc1)N1CCCC[C@H]1CCO. The first-order valence-electron chi connectivity index (χ1n) is 8.82. The number of rotatable bonds is 6. The van der Waals surface area contributed by atoms with Gasteiger partial charge in [0.1, 0.15) is 0 Å². The maximum absolute atomic E-state index is 12.8. The molecule has 1 saturated heterocycles. The highest BCUT2D eigenvalue weighted by Crippen LogP contribution is 2.23. The number of carbonyl (C=O) groups is 1. The molecule has 0 spiro atoms. The summed E-state index contributed by atoms with van der Waals surface area (Å²) < 4.78 is 0. The van der Waals surface area contributed by atoms with Gasteiger partial charge in [0.15, 0.2) is 0 Å². The fourth-order valence-electron chi connectivity index (χ4n) is 3.22. The largest absolute Gasteiger partial charge is 0.396 e. The number of aliphatic hydroxyl groups is 1. The van der Waals surface area contributed by atoms with Crippen molar-refractivity contribution in [3.05, 3.63) is 59.8 Å². The second-order valence-corrected chi connectivity index (χ2v) is 7.31. The van der Waals surface area contributed by atoms with E-state index in [0.29, 0.717) is 6.42 Å². The van der Waals surface area contributed by atoms with Crippen molar-refractivity contribution >= 4 is 17.7 Å². The number of benzene rings is 1. The molecular weight excluding hydrogens is 332 g/mol. The van der Waals surface area contributed by atoms with Crippen LogP contribution in [0, 0.1) is 0 Å². The van der Waals surface area contributed by atoms with Crippen LogP contribution in [0.2, 0.25) is 0 Å². The second-order valence-electron chi connectivity index (χ2n) is 6.31. The predicted octanol–water partition coefficient (Wildman–Crippen LogP) is 3.75. The van der Waals surface area contributed by atoms with Crippen LogP contribution in [-0.4, -0.2) is 40.1 Å². The molecule has 0 aliphatic carbocycles. The van der Waals surface area contributed by atoms with Crippen LogP contribution in [0.4, 0.5) is 0 Å². The third-order valence-electron chi connectivity index (χ3n) is 4.58. The van der Waals surface area contributed by atoms with Gasteiger partial charge in [0.05, 0.1) is 5.03 Å². The molecule has 4 nitrogen and oxygen atoms in total. The number of hydrogen-bond donors (Lipinski definition) is 1. The third-order valence-corrected chi connectivity index (χ3v) is 5.59. The van der Waals surface area contributed by atoms with Crippen LogP contribution in [0.25, 0.3) is 0 Å². The quantitative estimate of drug-likeness (QED) is 0.801. The number of aromatic nitrogens is 1. The van der Waals surface area contributed by atoms with Crippen LogP contribution in [-0.2, 0) is 5.75 Å². The van der Waals surface area contributed by atoms with Crippen LogP contribution >= 0.6 is 11.8 Å². The standard InChI is InChI=1S/C20H24N2O2S/c23-14-11-18-5-2-4-13-22(18)20(24)17-9-7-16(8-10-17)15-25-19-6-1-3-12-21-19/h1,3,6-10,12,18,23H,2,4-5,11,13-15H2/t18-/m0/s1. The number of amides is 1. The molecule has 2 aromatic rings. The molecule has 1 aliphatic heterocycles. The summed E-state index contributed by atoms with van der Waals surface area (Å²) in [4.78, 5) is 19.1. The molecule has 0 unspecified atom stereocenters. The molecule has 2 heterocycles. The summed E-state index contributed by atoms with van der Waals surface area (Å²) in [7, 11) is 0. The van der Waals surface area contributed by atoms with E-state index in [9.17, 15) is 9.90 Å². The Morgan fingerprint density at radius 2 is 2.04 bits per heavy atom. The highest BCUT2D eigenvalue weighted by Gasteiger charge is 2.26. The minimum atomic E-state index is 0.0853. The summed E-state index contributed by atoms with van der Waals surface area (Å²) in [6.45, 7) is 0.929. The van der Waals surface area contributed by atoms with Gasteiger partial charge in [-0.05, 0) is 55.5 Å². The molecule has 1 aromatic heterocycles. The van der Waals surface area contributed by atoms with Gasteiger partial charge >= 0.3 is 0 Å². The minimum absolute atomic E-state index is 0.0853. The van der Waals surface area contributed by atoms with E-state index in [1.54, 1.807) is 18.0 Å². The summed E-state index contributed by atoms with van der Waals surface area (Å²) >= 11 is 1.69. The van der Waals surface area contributed by atoms with Gasteiger partial charge in [-0.3, -0.25) is 4.79 Å². The molecule has 5 heteroatoms. The van der Waals surface area contributed by atoms with Gasteiger partial charge in [0.2, 0.25) is 0 Å². The molecule has 1 aromatic carbocycles. The lowest BCUT2D eigenvalue weighted by Crippen LogP contribution is -2.44. The third kappa shape index (κ3) is 4.83. The van der Waals surface area contributed by atoms with Crippen molar-refractivity contribution in [2.45, 2.75) is 42.5 Å². The molecule has 132 valence electrons. The van der Waals surface area contributed by atoms with Gasteiger partial charge in [-0.25, -0.2) is 4.98 Å². The molecule has 25 heavy (non-hydrogen) atoms. The summed E-state index contributed by atoms with van der Waals surface area (Å²) in [5.74, 6) is 0.921. The van der Waals surface area contributed by atoms with Gasteiger partial charge < -0.3 is 10.0 Å². The topological polar surface area (TPSA) is 53.4 Å². The molecular formula is C20H24N2O2S. The molecule has 1 aliphatic rings. The molecule has 1 N–H and O–H groups in total. The number of carbonyl (C=O) groups excluding carboxylic acids is 1. The van der Waals surface area contributed by atoms with Crippen molar-refractivity contribution in [1.29, 1.82) is 0 Å². The fraction of sp³-hybridized carbons (Fsp3) is 0.400. The summed E-state index contributed by atoms with van der Waals surface area (Å²) in [6, 6.07) is 13.9. The molecule has 3 rings (SSSR count). The number of pyridine rings is 1. The van der Waals surface area contributed by atoms with E-state index in [0.717, 1.165) is 42.1 Å². The number of piperidine rings is 1. The van der Waals surface area contributed by atoms with Crippen molar-refractivity contribution in [3.63, 3.8) is 0 Å². The summed E-state index contributed by atoms with van der Waals surface area (Å²) in [6.07, 6.45) is 5.64. The first-order valence-corrected chi connectivity index (χ1v) is 9.81. The summed E-state index contributed by atoms with van der Waals surface area (Å²) in [5.41, 5.74) is 1.91. The van der Waals surface area contributed by atoms with E-state index in [-0.39, 0.29) is 18.6 Å². The smallest absolute Gasteiger partial charge is 0.254 e. The van der Waals surface area contributed by atoms with Crippen LogP contribution in [0.1, 0.15) is 41.6 Å². The van der Waals surface area contributed by atoms with E-state index in [1.165, 1.54) is 5.56 Å². The minimum Gasteiger partial charge on any atom is -0.396 e. The first-order chi connectivity index (χ1) is 12.3. The lowest BCUT2D eigenvalue weighted by Gasteiger charge is -2.35. The Morgan fingerprint density at radius 1 is 1.20 bits per heavy atom. The van der Waals surface area contributed by atoms with Gasteiger partial charge in [-0.1, -0.05) is 18.2 Å². The lowest BCUT2D eigenvalue weighted by molar-refractivity contribution is 0.0574. The van der Waals surface area contributed by atoms with Crippen molar-refractivity contribution < 1.29 is 9.90 Å². The Morgan fingerprint density at radius 3 is 2.76 bits per heavy atom. The number of likely N-dealkylation sites (tertiary alicyclic amines) is 1. The number of nitrogens with zero attached hydrogens (tertiary/aromatic N) is 2. The van der Waals surface area contributed by atoms with Gasteiger partial charge in [-0.15, -0.1) is 11.8 Å². The van der Waals surface area contributed by atoms with E-state index in [1.807, 2.05) is 47.4 Å². The Hall–Kier alpha value is -1.85. The molecule has 0 saturated carbocycles. The normalized spacial score (nSPS) is 17.5. The van der Waals surface area contributed by atoms with E-state index in [4.69, 9.17) is 0 Å². The van der Waals surface area contributed by atoms with Gasteiger partial charge in [0.25, 0.3) is 5.91 Å². The predicted molar refractivity (Wildman–Crippen MR) is 101 cm³/mol. The van der Waals surface area contributed by atoms with Crippen molar-refractivity contribution in [2.75, 3.05) is 13.2 Å². The Bertz CT molecular complexity index is 674. The van der Waals surface area contributed by atoms with E-state index >= 15 is 0 Å². The monoisotopic (exact) mass is 356 g/mol. The van der Waals surface area contributed by atoms with Crippen molar-refractivity contribution in [1.82, 2.24) is 9.88 Å². The Labute approximate surface area is 153 Å². The van der Waals surface area contributed by atoms with Gasteiger partial charge in [0, 0.05) is 36.7 Å². The van der Waals surface area contributed by atoms with Crippen LogP contribution in [0.5, 0.6) is 0 Å². The van der Waals surface area contributed by atoms with Gasteiger partial charge in [-0.2, -0.15) is 0 Å². The van der Waals surface area contributed by atoms with Crippen molar-refractivity contribution in [2.24, 2.45) is 0 Å². The number of aliphatic hydroxyl groups excluding tert-OH is 1. The average Bonchev–Trinajstić information content (AvgIpc) is 2.68. The zero-order valence-corrected chi connectivity index (χ0v) is 15.1. The second kappa shape index (κ2) is 9.02. The average molecular weight is 356 g/mol. The zero-order chi connectivity index (χ0) is 17.5. The summed E-state index contributed by atoms with van der Waals surface area (Å²) in [5, 5.41) is 10.2. The van der Waals surface area contributed by atoms with E-state index < -0.39 is 0 Å². The highest BCUT2D eigenvalue weighted by molar-refractivity contribution is 7.98. The maximum Gasteiger partial charge on any atom is 0.254 e. The Kier molecular flexibility index (Phi) is 6.48. The molecule has 1 atom stereocenters. The number of thioether (sulfide) groups is 1. The van der Waals surface area contributed by atoms with Crippen LogP contribution in [0.15, 0.2) is 53.7 Å². The molecule has 1 amide bonds. The molecule has 0 radical (unpaired) electrons. The highest BCUT2D eigenvalue weighted by atomic mass is 32.2.